The van der Waals surface area contributed by atoms with Crippen LogP contribution in [0.3, 0.4) is 0 Å². The molecular formula is C13H29P. The van der Waals surface area contributed by atoms with E-state index < -0.39 is 0 Å². The van der Waals surface area contributed by atoms with Gasteiger partial charge in [-0.2, -0.15) is 0 Å². The fraction of sp³-hybridized carbons (Fsp3) is 1.00. The topological polar surface area (TPSA) is 0 Å². The Morgan fingerprint density at radius 3 is 1.57 bits per heavy atom. The van der Waals surface area contributed by atoms with Crippen molar-refractivity contribution < 1.29 is 0 Å². The van der Waals surface area contributed by atoms with Crippen LogP contribution in [0.2, 0.25) is 0 Å². The van der Waals surface area contributed by atoms with Crippen molar-refractivity contribution in [2.75, 3.05) is 6.16 Å². The lowest BCUT2D eigenvalue weighted by molar-refractivity contribution is 0.241. The first-order valence-corrected chi connectivity index (χ1v) is 7.60. The van der Waals surface area contributed by atoms with Crippen LogP contribution in [0.5, 0.6) is 0 Å². The molecule has 0 aliphatic heterocycles. The van der Waals surface area contributed by atoms with Gasteiger partial charge in [-0.1, -0.05) is 54.4 Å². The third-order valence-corrected chi connectivity index (χ3v) is 5.14. The minimum absolute atomic E-state index is 0.902. The zero-order valence-corrected chi connectivity index (χ0v) is 11.9. The fourth-order valence-electron chi connectivity index (χ4n) is 2.55. The largest absolute Gasteiger partial charge is 0.119 e. The van der Waals surface area contributed by atoms with E-state index in [1.165, 1.54) is 19.0 Å². The van der Waals surface area contributed by atoms with Crippen LogP contribution >= 0.6 is 8.58 Å². The molecule has 0 aromatic carbocycles. The Bertz CT molecular complexity index is 123. The molecular weight excluding hydrogens is 187 g/mol. The quantitative estimate of drug-likeness (QED) is 0.537. The predicted molar refractivity (Wildman–Crippen MR) is 70.7 cm³/mol. The second kappa shape index (κ2) is 7.69. The van der Waals surface area contributed by atoms with Gasteiger partial charge in [0.15, 0.2) is 0 Å². The average molecular weight is 216 g/mol. The summed E-state index contributed by atoms with van der Waals surface area (Å²) in [5, 5.41) is 0. The van der Waals surface area contributed by atoms with E-state index in [0.29, 0.717) is 0 Å². The van der Waals surface area contributed by atoms with Crippen LogP contribution in [0.25, 0.3) is 0 Å². The van der Waals surface area contributed by atoms with E-state index in [1.807, 2.05) is 0 Å². The van der Waals surface area contributed by atoms with Crippen molar-refractivity contribution in [1.29, 1.82) is 0 Å². The van der Waals surface area contributed by atoms with Gasteiger partial charge in [-0.15, -0.1) is 8.58 Å². The summed E-state index contributed by atoms with van der Waals surface area (Å²) in [7, 11) is 1.16. The van der Waals surface area contributed by atoms with Crippen LogP contribution in [0, 0.1) is 17.8 Å². The van der Waals surface area contributed by atoms with E-state index in [4.69, 9.17) is 0 Å². The Hall–Kier alpha value is 0.430. The molecule has 0 nitrogen and oxygen atoms in total. The lowest BCUT2D eigenvalue weighted by Gasteiger charge is -2.33. The first kappa shape index (κ1) is 14.4. The molecule has 0 aliphatic rings. The van der Waals surface area contributed by atoms with Crippen LogP contribution in [0.1, 0.15) is 54.4 Å². The zero-order valence-electron chi connectivity index (χ0n) is 10.9. The van der Waals surface area contributed by atoms with Gasteiger partial charge in [-0.05, 0) is 29.6 Å². The summed E-state index contributed by atoms with van der Waals surface area (Å²) in [6, 6.07) is 0. The minimum atomic E-state index is 0.902. The van der Waals surface area contributed by atoms with Crippen molar-refractivity contribution in [3.63, 3.8) is 0 Å². The molecule has 0 amide bonds. The second-order valence-corrected chi connectivity index (χ2v) is 6.72. The van der Waals surface area contributed by atoms with E-state index >= 15 is 0 Å². The van der Waals surface area contributed by atoms with E-state index in [0.717, 1.165) is 32.0 Å². The van der Waals surface area contributed by atoms with Gasteiger partial charge in [0.2, 0.25) is 0 Å². The van der Waals surface area contributed by atoms with Crippen LogP contribution < -0.4 is 0 Å². The van der Waals surface area contributed by atoms with Gasteiger partial charge in [0.05, 0.1) is 0 Å². The van der Waals surface area contributed by atoms with Crippen LogP contribution in [-0.2, 0) is 0 Å². The zero-order chi connectivity index (χ0) is 11.1. The molecule has 0 rings (SSSR count). The van der Waals surface area contributed by atoms with Crippen molar-refractivity contribution >= 4 is 8.58 Å². The van der Waals surface area contributed by atoms with Crippen molar-refractivity contribution in [2.24, 2.45) is 17.8 Å². The average Bonchev–Trinajstić information content (AvgIpc) is 2.17. The van der Waals surface area contributed by atoms with Crippen LogP contribution in [0.15, 0.2) is 0 Å². The maximum Gasteiger partial charge on any atom is -0.0232 e. The highest BCUT2D eigenvalue weighted by atomic mass is 31.1. The normalized spacial score (nSPS) is 21.0. The molecule has 0 bridgehead atoms. The summed E-state index contributed by atoms with van der Waals surface area (Å²) in [4.78, 5) is 0. The number of hydrogen-bond donors (Lipinski definition) is 0. The van der Waals surface area contributed by atoms with E-state index in [9.17, 15) is 0 Å². The summed E-state index contributed by atoms with van der Waals surface area (Å²) in [5.74, 6) is 2.75. The molecule has 86 valence electrons. The SMILES string of the molecule is CCPC(C)C(C(C)CC)C(C)CC. The first-order valence-electron chi connectivity index (χ1n) is 6.31. The molecule has 0 aromatic rings. The Morgan fingerprint density at radius 2 is 1.29 bits per heavy atom. The van der Waals surface area contributed by atoms with Gasteiger partial charge in [0, 0.05) is 0 Å². The summed E-state index contributed by atoms with van der Waals surface area (Å²) in [6.45, 7) is 14.3. The summed E-state index contributed by atoms with van der Waals surface area (Å²) >= 11 is 0. The van der Waals surface area contributed by atoms with E-state index in [2.05, 4.69) is 41.5 Å². The van der Waals surface area contributed by atoms with Crippen LogP contribution in [-0.4, -0.2) is 11.8 Å². The minimum Gasteiger partial charge on any atom is -0.119 e. The predicted octanol–water partition coefficient (Wildman–Crippen LogP) is 4.78. The maximum absolute atomic E-state index is 2.46. The lowest BCUT2D eigenvalue weighted by Crippen LogP contribution is -2.27. The molecule has 0 N–H and O–H groups in total. The number of hydrogen-bond acceptors (Lipinski definition) is 0. The molecule has 0 saturated carbocycles. The monoisotopic (exact) mass is 216 g/mol. The highest BCUT2D eigenvalue weighted by Gasteiger charge is 2.26. The molecule has 0 fully saturated rings. The van der Waals surface area contributed by atoms with E-state index in [1.54, 1.807) is 0 Å². The Labute approximate surface area is 93.0 Å². The molecule has 0 radical (unpaired) electrons. The van der Waals surface area contributed by atoms with Gasteiger partial charge in [-0.3, -0.25) is 0 Å². The molecule has 0 aromatic heterocycles. The highest BCUT2D eigenvalue weighted by Crippen LogP contribution is 2.37. The van der Waals surface area contributed by atoms with Crippen molar-refractivity contribution in [3.8, 4) is 0 Å². The lowest BCUT2D eigenvalue weighted by atomic mass is 9.79. The standard InChI is InChI=1S/C13H29P/c1-7-10(4)13(11(5)8-2)12(6)14-9-3/h10-14H,7-9H2,1-6H3. The second-order valence-electron chi connectivity index (χ2n) is 4.69. The fourth-order valence-corrected chi connectivity index (χ4v) is 4.12. The summed E-state index contributed by atoms with van der Waals surface area (Å²) < 4.78 is 0. The van der Waals surface area contributed by atoms with Gasteiger partial charge < -0.3 is 0 Å². The van der Waals surface area contributed by atoms with Crippen molar-refractivity contribution in [2.45, 2.75) is 60.0 Å². The first-order chi connectivity index (χ1) is 6.58. The molecule has 14 heavy (non-hydrogen) atoms. The number of rotatable bonds is 7. The third-order valence-electron chi connectivity index (χ3n) is 3.71. The Morgan fingerprint density at radius 1 is 0.857 bits per heavy atom. The van der Waals surface area contributed by atoms with Gasteiger partial charge in [0.1, 0.15) is 0 Å². The third kappa shape index (κ3) is 4.30. The molecule has 0 saturated heterocycles. The smallest absolute Gasteiger partial charge is 0.0232 e. The summed E-state index contributed by atoms with van der Waals surface area (Å²) in [6.07, 6.45) is 4.05. The van der Waals surface area contributed by atoms with Crippen LogP contribution in [0.4, 0.5) is 0 Å². The van der Waals surface area contributed by atoms with Gasteiger partial charge in [-0.25, -0.2) is 0 Å². The molecule has 0 heterocycles. The maximum atomic E-state index is 2.46. The van der Waals surface area contributed by atoms with E-state index in [-0.39, 0.29) is 0 Å². The molecule has 4 atom stereocenters. The molecule has 0 spiro atoms. The molecule has 0 aliphatic carbocycles. The Balaban J connectivity index is 4.36. The van der Waals surface area contributed by atoms with Gasteiger partial charge >= 0.3 is 0 Å². The van der Waals surface area contributed by atoms with Crippen molar-refractivity contribution in [3.05, 3.63) is 0 Å². The molecule has 1 heteroatoms. The highest BCUT2D eigenvalue weighted by molar-refractivity contribution is 7.38. The Kier molecular flexibility index (Phi) is 7.92. The summed E-state index contributed by atoms with van der Waals surface area (Å²) in [5.41, 5.74) is 0.935. The molecule has 4 unspecified atom stereocenters. The van der Waals surface area contributed by atoms with Gasteiger partial charge in [0.25, 0.3) is 0 Å². The van der Waals surface area contributed by atoms with Crippen molar-refractivity contribution in [1.82, 2.24) is 0 Å².